The molecule has 2 aromatic rings. The van der Waals surface area contributed by atoms with Gasteiger partial charge in [-0.1, -0.05) is 23.7 Å². The number of halogens is 1. The van der Waals surface area contributed by atoms with Crippen LogP contribution in [0.25, 0.3) is 0 Å². The monoisotopic (exact) mass is 299 g/mol. The number of anilines is 2. The summed E-state index contributed by atoms with van der Waals surface area (Å²) >= 11 is 6.10. The molecule has 0 fully saturated rings. The Balaban J connectivity index is 2.00. The predicted molar refractivity (Wildman–Crippen MR) is 84.2 cm³/mol. The molecular weight excluding hydrogens is 286 g/mol. The molecule has 21 heavy (non-hydrogen) atoms. The number of nitrogens with zero attached hydrogens (tertiary/aromatic N) is 1. The van der Waals surface area contributed by atoms with Gasteiger partial charge in [-0.2, -0.15) is 5.26 Å². The first-order valence-electron chi connectivity index (χ1n) is 6.38. The molecule has 106 valence electrons. The Bertz CT molecular complexity index is 690. The number of benzene rings is 2. The molecule has 0 heterocycles. The van der Waals surface area contributed by atoms with Gasteiger partial charge < -0.3 is 10.6 Å². The van der Waals surface area contributed by atoms with E-state index < -0.39 is 0 Å². The fourth-order valence-electron chi connectivity index (χ4n) is 1.83. The van der Waals surface area contributed by atoms with Crippen molar-refractivity contribution in [1.82, 2.24) is 0 Å². The van der Waals surface area contributed by atoms with E-state index in [-0.39, 0.29) is 5.91 Å². The first-order valence-corrected chi connectivity index (χ1v) is 6.76. The normalized spacial score (nSPS) is 9.76. The third-order valence-electron chi connectivity index (χ3n) is 2.86. The van der Waals surface area contributed by atoms with Gasteiger partial charge in [0.15, 0.2) is 0 Å². The lowest BCUT2D eigenvalue weighted by Crippen LogP contribution is -2.06. The largest absolute Gasteiger partial charge is 0.380 e. The van der Waals surface area contributed by atoms with Crippen molar-refractivity contribution in [1.29, 1.82) is 5.26 Å². The second-order valence-corrected chi connectivity index (χ2v) is 4.95. The molecule has 0 aliphatic heterocycles. The Morgan fingerprint density at radius 2 is 1.95 bits per heavy atom. The SMILES string of the molecule is CC(=O)Nc1ccc(CNc2ccc(C#N)cc2Cl)cc1. The molecule has 4 nitrogen and oxygen atoms in total. The van der Waals surface area contributed by atoms with Gasteiger partial charge in [-0.15, -0.1) is 0 Å². The number of amides is 1. The predicted octanol–water partition coefficient (Wildman–Crippen LogP) is 3.78. The van der Waals surface area contributed by atoms with Crippen LogP contribution in [0.4, 0.5) is 11.4 Å². The minimum Gasteiger partial charge on any atom is -0.380 e. The Morgan fingerprint density at radius 3 is 2.52 bits per heavy atom. The zero-order chi connectivity index (χ0) is 15.2. The summed E-state index contributed by atoms with van der Waals surface area (Å²) in [6, 6.07) is 14.7. The molecule has 0 aliphatic rings. The topological polar surface area (TPSA) is 64.9 Å². The van der Waals surface area contributed by atoms with Crippen molar-refractivity contribution in [3.8, 4) is 6.07 Å². The number of rotatable bonds is 4. The van der Waals surface area contributed by atoms with E-state index in [2.05, 4.69) is 10.6 Å². The third-order valence-corrected chi connectivity index (χ3v) is 3.17. The molecule has 5 heteroatoms. The number of hydrogen-bond acceptors (Lipinski definition) is 3. The average Bonchev–Trinajstić information content (AvgIpc) is 2.47. The fraction of sp³-hybridized carbons (Fsp3) is 0.125. The highest BCUT2D eigenvalue weighted by atomic mass is 35.5. The summed E-state index contributed by atoms with van der Waals surface area (Å²) in [4.78, 5) is 10.9. The molecule has 2 rings (SSSR count). The van der Waals surface area contributed by atoms with Crippen LogP contribution in [0.3, 0.4) is 0 Å². The number of carbonyl (C=O) groups is 1. The third kappa shape index (κ3) is 4.23. The maximum Gasteiger partial charge on any atom is 0.221 e. The minimum atomic E-state index is -0.0924. The van der Waals surface area contributed by atoms with Crippen molar-refractivity contribution in [3.63, 3.8) is 0 Å². The average molecular weight is 300 g/mol. The summed E-state index contributed by atoms with van der Waals surface area (Å²) in [5.74, 6) is -0.0924. The molecule has 2 aromatic carbocycles. The number of nitriles is 1. The maximum absolute atomic E-state index is 10.9. The number of hydrogen-bond donors (Lipinski definition) is 2. The molecule has 0 unspecified atom stereocenters. The summed E-state index contributed by atoms with van der Waals surface area (Å²) in [5, 5.41) is 15.2. The van der Waals surface area contributed by atoms with Crippen LogP contribution in [0, 0.1) is 11.3 Å². The van der Waals surface area contributed by atoms with Crippen molar-refractivity contribution in [2.45, 2.75) is 13.5 Å². The van der Waals surface area contributed by atoms with E-state index in [1.54, 1.807) is 18.2 Å². The second-order valence-electron chi connectivity index (χ2n) is 4.54. The lowest BCUT2D eigenvalue weighted by atomic mass is 10.2. The van der Waals surface area contributed by atoms with Crippen LogP contribution in [-0.4, -0.2) is 5.91 Å². The highest BCUT2D eigenvalue weighted by Gasteiger charge is 2.02. The van der Waals surface area contributed by atoms with Crippen LogP contribution in [-0.2, 0) is 11.3 Å². The first kappa shape index (κ1) is 14.9. The van der Waals surface area contributed by atoms with Crippen LogP contribution in [0.5, 0.6) is 0 Å². The molecule has 0 spiro atoms. The maximum atomic E-state index is 10.9. The van der Waals surface area contributed by atoms with Gasteiger partial charge in [0.2, 0.25) is 5.91 Å². The Kier molecular flexibility index (Phi) is 4.81. The molecule has 1 amide bonds. The standard InChI is InChI=1S/C16H14ClN3O/c1-11(21)20-14-5-2-12(3-6-14)10-19-16-7-4-13(9-18)8-15(16)17/h2-8,19H,10H2,1H3,(H,20,21). The van der Waals surface area contributed by atoms with Gasteiger partial charge in [-0.25, -0.2) is 0 Å². The van der Waals surface area contributed by atoms with E-state index in [9.17, 15) is 4.79 Å². The highest BCUT2D eigenvalue weighted by Crippen LogP contribution is 2.23. The van der Waals surface area contributed by atoms with Gasteiger partial charge >= 0.3 is 0 Å². The van der Waals surface area contributed by atoms with Crippen LogP contribution in [0.2, 0.25) is 5.02 Å². The summed E-state index contributed by atoms with van der Waals surface area (Å²) < 4.78 is 0. The van der Waals surface area contributed by atoms with Crippen LogP contribution < -0.4 is 10.6 Å². The lowest BCUT2D eigenvalue weighted by molar-refractivity contribution is -0.114. The highest BCUT2D eigenvalue weighted by molar-refractivity contribution is 6.33. The zero-order valence-corrected chi connectivity index (χ0v) is 12.2. The summed E-state index contributed by atoms with van der Waals surface area (Å²) in [6.07, 6.45) is 0. The van der Waals surface area contributed by atoms with Gasteiger partial charge in [0.1, 0.15) is 0 Å². The molecule has 0 aromatic heterocycles. The van der Waals surface area contributed by atoms with Crippen molar-refractivity contribution in [2.75, 3.05) is 10.6 Å². The molecule has 0 radical (unpaired) electrons. The van der Waals surface area contributed by atoms with Crippen molar-refractivity contribution < 1.29 is 4.79 Å². The molecule has 2 N–H and O–H groups in total. The lowest BCUT2D eigenvalue weighted by Gasteiger charge is -2.09. The number of nitrogens with one attached hydrogen (secondary N) is 2. The van der Waals surface area contributed by atoms with Crippen LogP contribution in [0.1, 0.15) is 18.1 Å². The van der Waals surface area contributed by atoms with Crippen LogP contribution in [0.15, 0.2) is 42.5 Å². The van der Waals surface area contributed by atoms with Gasteiger partial charge in [0, 0.05) is 19.2 Å². The molecule has 0 aliphatic carbocycles. The first-order chi connectivity index (χ1) is 10.1. The fourth-order valence-corrected chi connectivity index (χ4v) is 2.08. The smallest absolute Gasteiger partial charge is 0.221 e. The van der Waals surface area contributed by atoms with E-state index in [0.29, 0.717) is 17.1 Å². The van der Waals surface area contributed by atoms with E-state index >= 15 is 0 Å². The summed E-state index contributed by atoms with van der Waals surface area (Å²) in [5.41, 5.74) is 3.14. The minimum absolute atomic E-state index is 0.0924. The Morgan fingerprint density at radius 1 is 1.24 bits per heavy atom. The van der Waals surface area contributed by atoms with Gasteiger partial charge in [0.05, 0.1) is 22.3 Å². The van der Waals surface area contributed by atoms with E-state index in [0.717, 1.165) is 16.9 Å². The van der Waals surface area contributed by atoms with Gasteiger partial charge in [-0.05, 0) is 35.9 Å². The molecule has 0 bridgehead atoms. The van der Waals surface area contributed by atoms with E-state index in [4.69, 9.17) is 16.9 Å². The molecule has 0 saturated carbocycles. The van der Waals surface area contributed by atoms with Gasteiger partial charge in [-0.3, -0.25) is 4.79 Å². The number of carbonyl (C=O) groups excluding carboxylic acids is 1. The van der Waals surface area contributed by atoms with E-state index in [1.807, 2.05) is 30.3 Å². The molecular formula is C16H14ClN3O. The van der Waals surface area contributed by atoms with Crippen molar-refractivity contribution in [2.24, 2.45) is 0 Å². The van der Waals surface area contributed by atoms with Gasteiger partial charge in [0.25, 0.3) is 0 Å². The molecule has 0 atom stereocenters. The Hall–Kier alpha value is -2.51. The van der Waals surface area contributed by atoms with Crippen LogP contribution >= 0.6 is 11.6 Å². The van der Waals surface area contributed by atoms with Crippen molar-refractivity contribution >= 4 is 28.9 Å². The summed E-state index contributed by atoms with van der Waals surface area (Å²) in [7, 11) is 0. The second kappa shape index (κ2) is 6.78. The van der Waals surface area contributed by atoms with E-state index in [1.165, 1.54) is 6.92 Å². The molecule has 0 saturated heterocycles. The quantitative estimate of drug-likeness (QED) is 0.903. The Labute approximate surface area is 128 Å². The zero-order valence-electron chi connectivity index (χ0n) is 11.5. The summed E-state index contributed by atoms with van der Waals surface area (Å²) in [6.45, 7) is 2.08. The van der Waals surface area contributed by atoms with Crippen molar-refractivity contribution in [3.05, 3.63) is 58.6 Å².